The van der Waals surface area contributed by atoms with Gasteiger partial charge in [-0.15, -0.1) is 0 Å². The predicted octanol–water partition coefficient (Wildman–Crippen LogP) is 3.51. The third-order valence-electron chi connectivity index (χ3n) is 6.96. The summed E-state index contributed by atoms with van der Waals surface area (Å²) in [5.41, 5.74) is 2.01. The Morgan fingerprint density at radius 3 is 2.73 bits per heavy atom. The van der Waals surface area contributed by atoms with Gasteiger partial charge in [0.15, 0.2) is 0 Å². The lowest BCUT2D eigenvalue weighted by molar-refractivity contribution is 0.0719. The van der Waals surface area contributed by atoms with Gasteiger partial charge in [-0.25, -0.2) is 0 Å². The summed E-state index contributed by atoms with van der Waals surface area (Å²) in [6.45, 7) is 4.29. The number of para-hydroxylation sites is 1. The summed E-state index contributed by atoms with van der Waals surface area (Å²) in [6, 6.07) is 8.82. The molecule has 1 aromatic heterocycles. The number of hydrogen-bond acceptors (Lipinski definition) is 2. The molecule has 3 aliphatic heterocycles. The van der Waals surface area contributed by atoms with Gasteiger partial charge in [0, 0.05) is 56.4 Å². The summed E-state index contributed by atoms with van der Waals surface area (Å²) >= 11 is 0. The molecule has 4 heterocycles. The molecule has 1 saturated carbocycles. The van der Waals surface area contributed by atoms with Crippen molar-refractivity contribution in [3.63, 3.8) is 0 Å². The molecule has 0 radical (unpaired) electrons. The minimum atomic E-state index is 0.226. The van der Waals surface area contributed by atoms with Gasteiger partial charge in [-0.2, -0.15) is 0 Å². The Hall–Kier alpha value is -1.81. The SMILES string of the molecule is Cn1cc(C(=O)N2C[C@H]3CC[C@@H](C2)N(CC2CCC2)C3)c2ccccc21. The Bertz CT molecular complexity index is 822. The standard InChI is InChI=1S/C22H29N3O/c1-23-15-20(19-7-2-3-8-21(19)23)22(26)25-13-17-9-10-18(14-25)24(12-17)11-16-5-4-6-16/h2-3,7-8,15-18H,4-6,9-14H2,1H3/t17-,18-/m0/s1. The molecule has 4 nitrogen and oxygen atoms in total. The second-order valence-electron chi connectivity index (χ2n) is 8.73. The van der Waals surface area contributed by atoms with Crippen molar-refractivity contribution in [1.82, 2.24) is 14.4 Å². The number of amides is 1. The Morgan fingerprint density at radius 2 is 1.92 bits per heavy atom. The third kappa shape index (κ3) is 2.75. The fraction of sp³-hybridized carbons (Fsp3) is 0.591. The average molecular weight is 351 g/mol. The number of benzene rings is 1. The van der Waals surface area contributed by atoms with E-state index in [0.29, 0.717) is 12.0 Å². The lowest BCUT2D eigenvalue weighted by atomic mass is 9.83. The van der Waals surface area contributed by atoms with Crippen LogP contribution in [0.25, 0.3) is 10.9 Å². The number of aryl methyl sites for hydroxylation is 1. The van der Waals surface area contributed by atoms with Crippen LogP contribution in [0.15, 0.2) is 30.5 Å². The van der Waals surface area contributed by atoms with E-state index in [4.69, 9.17) is 0 Å². The predicted molar refractivity (Wildman–Crippen MR) is 104 cm³/mol. The van der Waals surface area contributed by atoms with Crippen LogP contribution in [0.4, 0.5) is 0 Å². The first-order valence-electron chi connectivity index (χ1n) is 10.3. The first kappa shape index (κ1) is 16.4. The van der Waals surface area contributed by atoms with Crippen molar-refractivity contribution < 1.29 is 4.79 Å². The molecule has 1 amide bonds. The number of aromatic nitrogens is 1. The zero-order valence-electron chi connectivity index (χ0n) is 15.7. The molecular formula is C22H29N3O. The average Bonchev–Trinajstić information content (AvgIpc) is 2.77. The molecule has 138 valence electrons. The van der Waals surface area contributed by atoms with E-state index in [-0.39, 0.29) is 5.91 Å². The molecule has 4 fully saturated rings. The number of hydrogen-bond donors (Lipinski definition) is 0. The fourth-order valence-corrected chi connectivity index (χ4v) is 5.26. The Kier molecular flexibility index (Phi) is 4.04. The quantitative estimate of drug-likeness (QED) is 0.846. The van der Waals surface area contributed by atoms with Crippen molar-refractivity contribution in [3.8, 4) is 0 Å². The molecule has 4 aliphatic rings. The zero-order chi connectivity index (χ0) is 17.7. The molecule has 4 heteroatoms. The van der Waals surface area contributed by atoms with Crippen LogP contribution in [-0.2, 0) is 7.05 Å². The van der Waals surface area contributed by atoms with Crippen LogP contribution in [0, 0.1) is 11.8 Å². The van der Waals surface area contributed by atoms with E-state index in [9.17, 15) is 4.79 Å². The fourth-order valence-electron chi connectivity index (χ4n) is 5.26. The van der Waals surface area contributed by atoms with Gasteiger partial charge in [-0.3, -0.25) is 9.69 Å². The lowest BCUT2D eigenvalue weighted by Gasteiger charge is -2.40. The van der Waals surface area contributed by atoms with Crippen molar-refractivity contribution in [3.05, 3.63) is 36.0 Å². The summed E-state index contributed by atoms with van der Waals surface area (Å²) in [5, 5.41) is 1.09. The Morgan fingerprint density at radius 1 is 1.08 bits per heavy atom. The van der Waals surface area contributed by atoms with E-state index in [2.05, 4.69) is 26.5 Å². The maximum atomic E-state index is 13.4. The molecule has 6 rings (SSSR count). The Labute approximate surface area is 155 Å². The molecule has 26 heavy (non-hydrogen) atoms. The highest BCUT2D eigenvalue weighted by molar-refractivity contribution is 6.07. The van der Waals surface area contributed by atoms with E-state index < -0.39 is 0 Å². The summed E-state index contributed by atoms with van der Waals surface area (Å²) in [6.07, 6.45) is 8.80. The van der Waals surface area contributed by atoms with Crippen molar-refractivity contribution in [2.45, 2.75) is 38.1 Å². The van der Waals surface area contributed by atoms with Crippen LogP contribution in [0.3, 0.4) is 0 Å². The van der Waals surface area contributed by atoms with Crippen LogP contribution in [-0.4, -0.2) is 52.5 Å². The van der Waals surface area contributed by atoms with Crippen LogP contribution in [0.5, 0.6) is 0 Å². The second-order valence-corrected chi connectivity index (χ2v) is 8.73. The van der Waals surface area contributed by atoms with Gasteiger partial charge in [-0.1, -0.05) is 24.6 Å². The molecule has 3 saturated heterocycles. The number of nitrogens with zero attached hydrogens (tertiary/aromatic N) is 3. The van der Waals surface area contributed by atoms with Crippen LogP contribution in [0.2, 0.25) is 0 Å². The van der Waals surface area contributed by atoms with Gasteiger partial charge >= 0.3 is 0 Å². The first-order chi connectivity index (χ1) is 12.7. The van der Waals surface area contributed by atoms with E-state index in [1.165, 1.54) is 45.2 Å². The molecule has 0 unspecified atom stereocenters. The topological polar surface area (TPSA) is 28.5 Å². The molecule has 0 N–H and O–H groups in total. The number of carbonyl (C=O) groups is 1. The van der Waals surface area contributed by atoms with E-state index in [1.807, 2.05) is 25.4 Å². The highest BCUT2D eigenvalue weighted by Gasteiger charge is 2.38. The monoisotopic (exact) mass is 351 g/mol. The summed E-state index contributed by atoms with van der Waals surface area (Å²) in [5.74, 6) is 1.79. The zero-order valence-corrected chi connectivity index (χ0v) is 15.7. The highest BCUT2D eigenvalue weighted by atomic mass is 16.2. The number of carbonyl (C=O) groups excluding carboxylic acids is 1. The summed E-state index contributed by atoms with van der Waals surface area (Å²) in [7, 11) is 2.03. The highest BCUT2D eigenvalue weighted by Crippen LogP contribution is 2.34. The molecule has 2 bridgehead atoms. The maximum Gasteiger partial charge on any atom is 0.256 e. The second kappa shape index (κ2) is 6.41. The third-order valence-corrected chi connectivity index (χ3v) is 6.96. The number of rotatable bonds is 3. The minimum Gasteiger partial charge on any atom is -0.350 e. The van der Waals surface area contributed by atoms with E-state index in [1.54, 1.807) is 0 Å². The van der Waals surface area contributed by atoms with Gasteiger partial charge in [0.2, 0.25) is 0 Å². The molecule has 1 aliphatic carbocycles. The lowest BCUT2D eigenvalue weighted by Crippen LogP contribution is -2.47. The van der Waals surface area contributed by atoms with Gasteiger partial charge in [0.05, 0.1) is 5.56 Å². The minimum absolute atomic E-state index is 0.226. The summed E-state index contributed by atoms with van der Waals surface area (Å²) in [4.78, 5) is 18.3. The van der Waals surface area contributed by atoms with Crippen LogP contribution < -0.4 is 0 Å². The van der Waals surface area contributed by atoms with Crippen LogP contribution in [0.1, 0.15) is 42.5 Å². The summed E-state index contributed by atoms with van der Waals surface area (Å²) < 4.78 is 2.08. The molecule has 2 aromatic rings. The van der Waals surface area contributed by atoms with Crippen molar-refractivity contribution in [2.75, 3.05) is 26.2 Å². The molecule has 0 spiro atoms. The Balaban J connectivity index is 1.39. The number of piperidine rings is 1. The number of fused-ring (bicyclic) bond motifs is 5. The van der Waals surface area contributed by atoms with Gasteiger partial charge in [0.1, 0.15) is 0 Å². The first-order valence-corrected chi connectivity index (χ1v) is 10.3. The maximum absolute atomic E-state index is 13.4. The molecular weight excluding hydrogens is 322 g/mol. The molecule has 2 atom stereocenters. The van der Waals surface area contributed by atoms with Gasteiger partial charge in [-0.05, 0) is 43.6 Å². The van der Waals surface area contributed by atoms with Crippen LogP contribution >= 0.6 is 0 Å². The van der Waals surface area contributed by atoms with Crippen molar-refractivity contribution in [1.29, 1.82) is 0 Å². The van der Waals surface area contributed by atoms with Gasteiger partial charge < -0.3 is 9.47 Å². The normalized spacial score (nSPS) is 26.9. The van der Waals surface area contributed by atoms with Crippen molar-refractivity contribution >= 4 is 16.8 Å². The largest absolute Gasteiger partial charge is 0.350 e. The van der Waals surface area contributed by atoms with E-state index >= 15 is 0 Å². The molecule has 1 aromatic carbocycles. The van der Waals surface area contributed by atoms with Gasteiger partial charge in [0.25, 0.3) is 5.91 Å². The van der Waals surface area contributed by atoms with E-state index in [0.717, 1.165) is 35.5 Å². The van der Waals surface area contributed by atoms with Crippen molar-refractivity contribution in [2.24, 2.45) is 18.9 Å². The smallest absolute Gasteiger partial charge is 0.256 e.